The maximum absolute atomic E-state index is 9.22. The second-order valence-electron chi connectivity index (χ2n) is 2.20. The van der Waals surface area contributed by atoms with Gasteiger partial charge in [0.15, 0.2) is 11.2 Å². The fourth-order valence-corrected chi connectivity index (χ4v) is 0.973. The average Bonchev–Trinajstić information content (AvgIpc) is 2.49. The van der Waals surface area contributed by atoms with Crippen molar-refractivity contribution in [1.82, 2.24) is 19.5 Å². The fraction of sp³-hybridized carbons (Fsp3) is 0. The van der Waals surface area contributed by atoms with Gasteiger partial charge in [0.2, 0.25) is 5.88 Å². The van der Waals surface area contributed by atoms with Gasteiger partial charge in [-0.05, 0) is 0 Å². The van der Waals surface area contributed by atoms with Crippen molar-refractivity contribution >= 4 is 17.4 Å². The zero-order valence-corrected chi connectivity index (χ0v) is 6.18. The molecule has 0 spiro atoms. The highest BCUT2D eigenvalue weighted by atomic mass is 16.3. The molecule has 0 fully saturated rings. The summed E-state index contributed by atoms with van der Waals surface area (Å²) in [6.45, 7) is 3.56. The molecule has 0 saturated heterocycles. The quantitative estimate of drug-likeness (QED) is 0.668. The fourth-order valence-electron chi connectivity index (χ4n) is 0.973. The minimum atomic E-state index is -0.111. The second-order valence-corrected chi connectivity index (χ2v) is 2.20. The van der Waals surface area contributed by atoms with Gasteiger partial charge in [-0.3, -0.25) is 4.57 Å². The maximum atomic E-state index is 9.22. The van der Waals surface area contributed by atoms with Crippen molar-refractivity contribution in [3.63, 3.8) is 0 Å². The van der Waals surface area contributed by atoms with Gasteiger partial charge in [-0.2, -0.15) is 4.98 Å². The van der Waals surface area contributed by atoms with Crippen LogP contribution in [0.2, 0.25) is 0 Å². The molecule has 2 aromatic rings. The van der Waals surface area contributed by atoms with Crippen LogP contribution in [-0.4, -0.2) is 24.6 Å². The van der Waals surface area contributed by atoms with Gasteiger partial charge in [0.25, 0.3) is 0 Å². The van der Waals surface area contributed by atoms with Gasteiger partial charge >= 0.3 is 0 Å². The van der Waals surface area contributed by atoms with E-state index in [1.807, 2.05) is 0 Å². The number of aromatic nitrogens is 4. The second kappa shape index (κ2) is 2.30. The number of nitrogens with zero attached hydrogens (tertiary/aromatic N) is 4. The van der Waals surface area contributed by atoms with E-state index in [0.717, 1.165) is 0 Å². The first-order valence-corrected chi connectivity index (χ1v) is 3.32. The van der Waals surface area contributed by atoms with Crippen LogP contribution >= 0.6 is 0 Å². The van der Waals surface area contributed by atoms with Crippen molar-refractivity contribution in [2.75, 3.05) is 0 Å². The highest BCUT2D eigenvalue weighted by Crippen LogP contribution is 2.16. The Hall–Kier alpha value is -1.91. The lowest BCUT2D eigenvalue weighted by atomic mass is 10.5. The van der Waals surface area contributed by atoms with Gasteiger partial charge in [-0.25, -0.2) is 9.97 Å². The summed E-state index contributed by atoms with van der Waals surface area (Å²) in [7, 11) is 0. The van der Waals surface area contributed by atoms with E-state index in [0.29, 0.717) is 11.2 Å². The predicted octanol–water partition coefficient (Wildman–Crippen LogP) is 0.632. The molecule has 0 atom stereocenters. The Balaban J connectivity index is 2.88. The van der Waals surface area contributed by atoms with Crippen molar-refractivity contribution in [2.45, 2.75) is 0 Å². The van der Waals surface area contributed by atoms with E-state index >= 15 is 0 Å². The van der Waals surface area contributed by atoms with E-state index in [1.54, 1.807) is 10.8 Å². The molecule has 0 saturated carbocycles. The monoisotopic (exact) mass is 162 g/mol. The first kappa shape index (κ1) is 6.78. The summed E-state index contributed by atoms with van der Waals surface area (Å²) in [5.41, 5.74) is 0.940. The van der Waals surface area contributed by atoms with Gasteiger partial charge in [-0.15, -0.1) is 0 Å². The van der Waals surface area contributed by atoms with E-state index in [9.17, 15) is 5.11 Å². The molecule has 2 heterocycles. The number of aromatic hydroxyl groups is 1. The van der Waals surface area contributed by atoms with E-state index in [1.165, 1.54) is 12.7 Å². The van der Waals surface area contributed by atoms with Crippen molar-refractivity contribution in [3.05, 3.63) is 19.2 Å². The van der Waals surface area contributed by atoms with Crippen LogP contribution in [0.3, 0.4) is 0 Å². The Morgan fingerprint density at radius 1 is 1.42 bits per heavy atom. The zero-order chi connectivity index (χ0) is 8.55. The molecule has 0 aromatic carbocycles. The SMILES string of the molecule is C=Cn1cnc2c(O)ncnc21. The van der Waals surface area contributed by atoms with E-state index in [-0.39, 0.29) is 5.88 Å². The van der Waals surface area contributed by atoms with Gasteiger partial charge in [0, 0.05) is 6.20 Å². The molecule has 0 bridgehead atoms. The smallest absolute Gasteiger partial charge is 0.242 e. The largest absolute Gasteiger partial charge is 0.492 e. The van der Waals surface area contributed by atoms with Crippen LogP contribution in [0, 0.1) is 0 Å². The normalized spacial score (nSPS) is 10.3. The standard InChI is InChI=1S/C7H6N4O/c1-2-11-4-10-5-6(11)8-3-9-7(5)12/h2-4H,1H2,(H,8,9,12). The Labute approximate surface area is 68.0 Å². The van der Waals surface area contributed by atoms with Crippen LogP contribution in [0.25, 0.3) is 17.4 Å². The molecule has 5 heteroatoms. The molecular weight excluding hydrogens is 156 g/mol. The van der Waals surface area contributed by atoms with Crippen molar-refractivity contribution < 1.29 is 5.11 Å². The molecular formula is C7H6N4O. The van der Waals surface area contributed by atoms with Gasteiger partial charge < -0.3 is 5.11 Å². The first-order chi connectivity index (χ1) is 5.83. The lowest BCUT2D eigenvalue weighted by Crippen LogP contribution is -1.86. The molecule has 0 aliphatic heterocycles. The maximum Gasteiger partial charge on any atom is 0.242 e. The van der Waals surface area contributed by atoms with E-state index in [2.05, 4.69) is 21.5 Å². The highest BCUT2D eigenvalue weighted by Gasteiger charge is 2.05. The Morgan fingerprint density at radius 2 is 2.25 bits per heavy atom. The van der Waals surface area contributed by atoms with Crippen LogP contribution in [-0.2, 0) is 0 Å². The number of imidazole rings is 1. The topological polar surface area (TPSA) is 63.8 Å². The molecule has 12 heavy (non-hydrogen) atoms. The van der Waals surface area contributed by atoms with Crippen LogP contribution in [0.15, 0.2) is 19.2 Å². The van der Waals surface area contributed by atoms with Gasteiger partial charge in [0.05, 0.1) is 0 Å². The first-order valence-electron chi connectivity index (χ1n) is 3.32. The third kappa shape index (κ3) is 0.763. The lowest BCUT2D eigenvalue weighted by Gasteiger charge is -1.93. The Bertz CT molecular complexity index is 434. The Kier molecular flexibility index (Phi) is 1.30. The number of hydrogen-bond donors (Lipinski definition) is 1. The summed E-state index contributed by atoms with van der Waals surface area (Å²) in [5, 5.41) is 9.22. The minimum absolute atomic E-state index is 0.111. The Morgan fingerprint density at radius 3 is 3.00 bits per heavy atom. The van der Waals surface area contributed by atoms with E-state index < -0.39 is 0 Å². The average molecular weight is 162 g/mol. The molecule has 60 valence electrons. The van der Waals surface area contributed by atoms with Crippen LogP contribution in [0.4, 0.5) is 0 Å². The molecule has 2 aromatic heterocycles. The number of fused-ring (bicyclic) bond motifs is 1. The summed E-state index contributed by atoms with van der Waals surface area (Å²) in [6, 6.07) is 0. The number of hydrogen-bond acceptors (Lipinski definition) is 4. The molecule has 5 nitrogen and oxygen atoms in total. The van der Waals surface area contributed by atoms with Crippen molar-refractivity contribution in [1.29, 1.82) is 0 Å². The lowest BCUT2D eigenvalue weighted by molar-refractivity contribution is 0.458. The van der Waals surface area contributed by atoms with Crippen LogP contribution in [0.5, 0.6) is 5.88 Å². The predicted molar refractivity (Wildman–Crippen MR) is 43.4 cm³/mol. The molecule has 2 rings (SSSR count). The molecule has 0 unspecified atom stereocenters. The van der Waals surface area contributed by atoms with Gasteiger partial charge in [0.1, 0.15) is 12.7 Å². The summed E-state index contributed by atoms with van der Waals surface area (Å²) >= 11 is 0. The molecule has 1 N–H and O–H groups in total. The molecule has 0 aliphatic rings. The van der Waals surface area contributed by atoms with Gasteiger partial charge in [-0.1, -0.05) is 6.58 Å². The van der Waals surface area contributed by atoms with Crippen LogP contribution in [0.1, 0.15) is 0 Å². The van der Waals surface area contributed by atoms with Crippen molar-refractivity contribution in [3.8, 4) is 5.88 Å². The molecule has 0 radical (unpaired) electrons. The summed E-state index contributed by atoms with van der Waals surface area (Å²) in [5.74, 6) is -0.111. The zero-order valence-electron chi connectivity index (χ0n) is 6.18. The molecule has 0 amide bonds. The molecule has 0 aliphatic carbocycles. The number of rotatable bonds is 1. The van der Waals surface area contributed by atoms with E-state index in [4.69, 9.17) is 0 Å². The third-order valence-corrected chi connectivity index (χ3v) is 1.54. The minimum Gasteiger partial charge on any atom is -0.492 e. The van der Waals surface area contributed by atoms with Crippen LogP contribution < -0.4 is 0 Å². The third-order valence-electron chi connectivity index (χ3n) is 1.54. The summed E-state index contributed by atoms with van der Waals surface area (Å²) < 4.78 is 1.61. The van der Waals surface area contributed by atoms with Crippen molar-refractivity contribution in [2.24, 2.45) is 0 Å². The highest BCUT2D eigenvalue weighted by molar-refractivity contribution is 5.77. The summed E-state index contributed by atoms with van der Waals surface area (Å²) in [6.07, 6.45) is 4.35. The summed E-state index contributed by atoms with van der Waals surface area (Å²) in [4.78, 5) is 11.4.